The Morgan fingerprint density at radius 1 is 1.50 bits per heavy atom. The molecule has 6 nitrogen and oxygen atoms in total. The van der Waals surface area contributed by atoms with Crippen molar-refractivity contribution in [1.82, 2.24) is 10.2 Å². The van der Waals surface area contributed by atoms with Gasteiger partial charge in [0.05, 0.1) is 6.42 Å². The molecule has 0 spiro atoms. The minimum atomic E-state index is -0.801. The van der Waals surface area contributed by atoms with E-state index in [1.807, 2.05) is 4.90 Å². The van der Waals surface area contributed by atoms with E-state index in [1.165, 1.54) is 11.3 Å². The second kappa shape index (κ2) is 7.27. The van der Waals surface area contributed by atoms with Gasteiger partial charge in [0.2, 0.25) is 5.13 Å². The maximum Gasteiger partial charge on any atom is 0.305 e. The minimum absolute atomic E-state index is 0.103. The van der Waals surface area contributed by atoms with Gasteiger partial charge in [-0.15, -0.1) is 10.2 Å². The summed E-state index contributed by atoms with van der Waals surface area (Å²) >= 11 is 1.44. The Morgan fingerprint density at radius 2 is 2.22 bits per heavy atom. The Labute approximate surface area is 111 Å². The Kier molecular flexibility index (Phi) is 6.00. The number of aromatic nitrogens is 2. The van der Waals surface area contributed by atoms with E-state index in [2.05, 4.69) is 24.0 Å². The number of carboxylic acid groups (broad SMARTS) is 1. The predicted octanol–water partition coefficient (Wildman–Crippen LogP) is 1.62. The molecule has 0 radical (unpaired) electrons. The van der Waals surface area contributed by atoms with Crippen LogP contribution in [0.2, 0.25) is 0 Å². The van der Waals surface area contributed by atoms with E-state index in [9.17, 15) is 4.79 Å². The molecule has 0 unspecified atom stereocenters. The van der Waals surface area contributed by atoms with Crippen molar-refractivity contribution in [3.8, 4) is 0 Å². The lowest BCUT2D eigenvalue weighted by atomic mass is 10.2. The first kappa shape index (κ1) is 14.8. The van der Waals surface area contributed by atoms with Gasteiger partial charge in [0.1, 0.15) is 11.6 Å². The van der Waals surface area contributed by atoms with Crippen LogP contribution in [0.3, 0.4) is 0 Å². The first-order valence-electron chi connectivity index (χ1n) is 5.81. The van der Waals surface area contributed by atoms with E-state index in [4.69, 9.17) is 9.84 Å². The summed E-state index contributed by atoms with van der Waals surface area (Å²) in [4.78, 5) is 12.6. The Hall–Kier alpha value is -1.21. The molecule has 1 rings (SSSR count). The second-order valence-corrected chi connectivity index (χ2v) is 5.44. The molecule has 0 aliphatic carbocycles. The van der Waals surface area contributed by atoms with Crippen molar-refractivity contribution >= 4 is 22.4 Å². The van der Waals surface area contributed by atoms with Gasteiger partial charge in [0, 0.05) is 20.2 Å². The van der Waals surface area contributed by atoms with E-state index >= 15 is 0 Å². The van der Waals surface area contributed by atoms with Gasteiger partial charge in [-0.1, -0.05) is 25.2 Å². The van der Waals surface area contributed by atoms with E-state index in [0.717, 1.165) is 16.7 Å². The van der Waals surface area contributed by atoms with Gasteiger partial charge in [-0.2, -0.15) is 0 Å². The van der Waals surface area contributed by atoms with E-state index in [1.54, 1.807) is 7.11 Å². The van der Waals surface area contributed by atoms with Gasteiger partial charge in [-0.3, -0.25) is 4.79 Å². The number of hydrogen-bond donors (Lipinski definition) is 1. The van der Waals surface area contributed by atoms with Crippen LogP contribution in [0.25, 0.3) is 0 Å². The first-order chi connectivity index (χ1) is 8.52. The van der Waals surface area contributed by atoms with Gasteiger partial charge in [-0.25, -0.2) is 0 Å². The minimum Gasteiger partial charge on any atom is -0.481 e. The fraction of sp³-hybridized carbons (Fsp3) is 0.727. The maximum atomic E-state index is 10.6. The molecule has 0 amide bonds. The lowest BCUT2D eigenvalue weighted by molar-refractivity contribution is -0.136. The van der Waals surface area contributed by atoms with Crippen LogP contribution in [-0.4, -0.2) is 41.5 Å². The van der Waals surface area contributed by atoms with Crippen molar-refractivity contribution in [2.75, 3.05) is 25.1 Å². The SMILES string of the molecule is COCc1nnc(N(CCC(=O)O)CC(C)C)s1. The summed E-state index contributed by atoms with van der Waals surface area (Å²) in [6.07, 6.45) is 0.103. The number of ether oxygens (including phenoxy) is 1. The van der Waals surface area contributed by atoms with Crippen LogP contribution < -0.4 is 4.90 Å². The van der Waals surface area contributed by atoms with Gasteiger partial charge >= 0.3 is 5.97 Å². The van der Waals surface area contributed by atoms with Crippen molar-refractivity contribution in [3.05, 3.63) is 5.01 Å². The molecule has 1 aromatic heterocycles. The molecular formula is C11H19N3O3S. The van der Waals surface area contributed by atoms with Crippen LogP contribution in [-0.2, 0) is 16.1 Å². The third-order valence-electron chi connectivity index (χ3n) is 2.18. The zero-order valence-electron chi connectivity index (χ0n) is 10.9. The highest BCUT2D eigenvalue weighted by Gasteiger charge is 2.15. The zero-order chi connectivity index (χ0) is 13.5. The Bertz CT molecular complexity index is 381. The van der Waals surface area contributed by atoms with Crippen LogP contribution in [0.5, 0.6) is 0 Å². The van der Waals surface area contributed by atoms with E-state index < -0.39 is 5.97 Å². The molecule has 1 N–H and O–H groups in total. The molecule has 0 saturated carbocycles. The van der Waals surface area contributed by atoms with E-state index in [-0.39, 0.29) is 6.42 Å². The molecule has 0 aliphatic heterocycles. The average molecular weight is 273 g/mol. The molecule has 0 saturated heterocycles. The highest BCUT2D eigenvalue weighted by atomic mass is 32.1. The summed E-state index contributed by atoms with van der Waals surface area (Å²) in [5.41, 5.74) is 0. The lowest BCUT2D eigenvalue weighted by Crippen LogP contribution is -2.29. The molecule has 0 fully saturated rings. The number of rotatable bonds is 8. The van der Waals surface area contributed by atoms with Crippen LogP contribution in [0.4, 0.5) is 5.13 Å². The number of nitrogens with zero attached hydrogens (tertiary/aromatic N) is 3. The standard InChI is InChI=1S/C11H19N3O3S/c1-8(2)6-14(5-4-10(15)16)11-13-12-9(18-11)7-17-3/h8H,4-7H2,1-3H3,(H,15,16). The normalized spacial score (nSPS) is 10.9. The first-order valence-corrected chi connectivity index (χ1v) is 6.62. The molecule has 0 bridgehead atoms. The van der Waals surface area contributed by atoms with Gasteiger partial charge in [-0.05, 0) is 5.92 Å². The smallest absolute Gasteiger partial charge is 0.305 e. The molecule has 18 heavy (non-hydrogen) atoms. The fourth-order valence-electron chi connectivity index (χ4n) is 1.49. The number of carbonyl (C=O) groups is 1. The third-order valence-corrected chi connectivity index (χ3v) is 3.13. The van der Waals surface area contributed by atoms with E-state index in [0.29, 0.717) is 19.1 Å². The van der Waals surface area contributed by atoms with Crippen molar-refractivity contribution in [2.45, 2.75) is 26.9 Å². The summed E-state index contributed by atoms with van der Waals surface area (Å²) in [5, 5.41) is 18.4. The summed E-state index contributed by atoms with van der Waals surface area (Å²) in [5.74, 6) is -0.362. The van der Waals surface area contributed by atoms with Crippen molar-refractivity contribution in [1.29, 1.82) is 0 Å². The molecule has 0 atom stereocenters. The monoisotopic (exact) mass is 273 g/mol. The molecular weight excluding hydrogens is 254 g/mol. The largest absolute Gasteiger partial charge is 0.481 e. The van der Waals surface area contributed by atoms with Gasteiger partial charge in [0.15, 0.2) is 0 Å². The maximum absolute atomic E-state index is 10.6. The summed E-state index contributed by atoms with van der Waals surface area (Å²) in [6, 6.07) is 0. The zero-order valence-corrected chi connectivity index (χ0v) is 11.7. The summed E-state index contributed by atoms with van der Waals surface area (Å²) in [6.45, 7) is 5.84. The molecule has 0 aliphatic rings. The second-order valence-electron chi connectivity index (χ2n) is 4.39. The Balaban J connectivity index is 2.69. The average Bonchev–Trinajstić information content (AvgIpc) is 2.72. The fourth-order valence-corrected chi connectivity index (χ4v) is 2.34. The summed E-state index contributed by atoms with van der Waals surface area (Å²) in [7, 11) is 1.61. The number of anilines is 1. The number of methoxy groups -OCH3 is 1. The van der Waals surface area contributed by atoms with Crippen LogP contribution in [0.1, 0.15) is 25.3 Å². The number of carboxylic acids is 1. The van der Waals surface area contributed by atoms with Crippen molar-refractivity contribution in [3.63, 3.8) is 0 Å². The molecule has 1 heterocycles. The predicted molar refractivity (Wildman–Crippen MR) is 69.9 cm³/mol. The van der Waals surface area contributed by atoms with Crippen LogP contribution in [0, 0.1) is 5.92 Å². The number of hydrogen-bond acceptors (Lipinski definition) is 6. The lowest BCUT2D eigenvalue weighted by Gasteiger charge is -2.22. The highest BCUT2D eigenvalue weighted by Crippen LogP contribution is 2.22. The molecule has 1 aromatic rings. The summed E-state index contributed by atoms with van der Waals surface area (Å²) < 4.78 is 5.00. The molecule has 102 valence electrons. The van der Waals surface area contributed by atoms with Crippen LogP contribution >= 0.6 is 11.3 Å². The highest BCUT2D eigenvalue weighted by molar-refractivity contribution is 7.15. The van der Waals surface area contributed by atoms with Gasteiger partial charge < -0.3 is 14.7 Å². The Morgan fingerprint density at radius 3 is 2.78 bits per heavy atom. The van der Waals surface area contributed by atoms with Crippen molar-refractivity contribution in [2.24, 2.45) is 5.92 Å². The quantitative estimate of drug-likeness (QED) is 0.775. The van der Waals surface area contributed by atoms with Gasteiger partial charge in [0.25, 0.3) is 0 Å². The third kappa shape index (κ3) is 4.97. The van der Waals surface area contributed by atoms with Crippen molar-refractivity contribution < 1.29 is 14.6 Å². The number of aliphatic carboxylic acids is 1. The molecule has 0 aromatic carbocycles. The topological polar surface area (TPSA) is 75.6 Å². The van der Waals surface area contributed by atoms with Crippen LogP contribution in [0.15, 0.2) is 0 Å². The molecule has 7 heteroatoms.